The Morgan fingerprint density at radius 2 is 1.86 bits per heavy atom. The van der Waals surface area contributed by atoms with E-state index in [-0.39, 0.29) is 6.04 Å². The predicted octanol–water partition coefficient (Wildman–Crippen LogP) is 4.80. The average molecular weight is 368 g/mol. The number of anilines is 1. The minimum absolute atomic E-state index is 0.264. The van der Waals surface area contributed by atoms with Crippen LogP contribution in [0, 0.1) is 0 Å². The maximum atomic E-state index is 5.96. The summed E-state index contributed by atoms with van der Waals surface area (Å²) in [6.07, 6.45) is 0.868. The smallest absolute Gasteiger partial charge is 0.0511 e. The lowest BCUT2D eigenvalue weighted by Crippen LogP contribution is -2.23. The molecule has 0 aromatic heterocycles. The maximum absolute atomic E-state index is 5.96. The van der Waals surface area contributed by atoms with Gasteiger partial charge in [-0.25, -0.2) is 0 Å². The van der Waals surface area contributed by atoms with E-state index in [9.17, 15) is 0 Å². The van der Waals surface area contributed by atoms with Crippen LogP contribution < -0.4 is 10.6 Å². The van der Waals surface area contributed by atoms with Crippen molar-refractivity contribution >= 4 is 33.2 Å². The molecular weight excluding hydrogens is 348 g/mol. The molecule has 4 heteroatoms. The van der Waals surface area contributed by atoms with Gasteiger partial charge in [0.2, 0.25) is 0 Å². The fourth-order valence-electron chi connectivity index (χ4n) is 2.43. The Bertz CT molecular complexity index is 598. The van der Waals surface area contributed by atoms with Crippen LogP contribution in [-0.4, -0.2) is 13.6 Å². The van der Waals surface area contributed by atoms with Crippen molar-refractivity contribution in [2.75, 3.05) is 18.5 Å². The molecule has 0 spiro atoms. The molecule has 0 saturated heterocycles. The van der Waals surface area contributed by atoms with E-state index in [4.69, 9.17) is 17.3 Å². The van der Waals surface area contributed by atoms with Gasteiger partial charge >= 0.3 is 0 Å². The van der Waals surface area contributed by atoms with Crippen molar-refractivity contribution in [1.82, 2.24) is 0 Å². The molecule has 2 rings (SSSR count). The summed E-state index contributed by atoms with van der Waals surface area (Å²) >= 11 is 9.50. The summed E-state index contributed by atoms with van der Waals surface area (Å²) in [7, 11) is 2.11. The lowest BCUT2D eigenvalue weighted by atomic mass is 10.0. The molecule has 0 bridgehead atoms. The summed E-state index contributed by atoms with van der Waals surface area (Å²) in [5, 5.41) is 0.765. The number of hydrogen-bond acceptors (Lipinski definition) is 2. The van der Waals surface area contributed by atoms with E-state index >= 15 is 0 Å². The maximum Gasteiger partial charge on any atom is 0.0511 e. The Labute approximate surface area is 140 Å². The van der Waals surface area contributed by atoms with Gasteiger partial charge < -0.3 is 10.6 Å². The van der Waals surface area contributed by atoms with Crippen LogP contribution in [0.25, 0.3) is 0 Å². The van der Waals surface area contributed by atoms with Gasteiger partial charge in [-0.2, -0.15) is 0 Å². The van der Waals surface area contributed by atoms with E-state index in [1.165, 1.54) is 16.8 Å². The van der Waals surface area contributed by atoms with E-state index < -0.39 is 0 Å². The van der Waals surface area contributed by atoms with Crippen molar-refractivity contribution < 1.29 is 0 Å². The molecule has 0 fully saturated rings. The normalized spacial score (nSPS) is 12.2. The van der Waals surface area contributed by atoms with E-state index in [2.05, 4.69) is 65.1 Å². The van der Waals surface area contributed by atoms with Gasteiger partial charge in [0.1, 0.15) is 0 Å². The summed E-state index contributed by atoms with van der Waals surface area (Å²) in [6.45, 7) is 2.84. The molecule has 0 aliphatic carbocycles. The van der Waals surface area contributed by atoms with Gasteiger partial charge in [-0.3, -0.25) is 0 Å². The van der Waals surface area contributed by atoms with Crippen LogP contribution in [0.2, 0.25) is 5.02 Å². The van der Waals surface area contributed by atoms with Crippen molar-refractivity contribution in [3.8, 4) is 0 Å². The minimum Gasteiger partial charge on any atom is -0.368 e. The Kier molecular flexibility index (Phi) is 5.68. The van der Waals surface area contributed by atoms with Gasteiger partial charge in [0.15, 0.2) is 0 Å². The van der Waals surface area contributed by atoms with Crippen LogP contribution in [0.15, 0.2) is 46.9 Å². The van der Waals surface area contributed by atoms with Crippen molar-refractivity contribution in [2.24, 2.45) is 5.73 Å². The quantitative estimate of drug-likeness (QED) is 0.822. The van der Waals surface area contributed by atoms with Crippen LogP contribution in [0.1, 0.15) is 24.1 Å². The molecule has 0 saturated carbocycles. The lowest BCUT2D eigenvalue weighted by molar-refractivity contribution is 0.734. The second kappa shape index (κ2) is 7.30. The van der Waals surface area contributed by atoms with Gasteiger partial charge in [-0.05, 0) is 61.3 Å². The van der Waals surface area contributed by atoms with E-state index in [1.54, 1.807) is 0 Å². The summed E-state index contributed by atoms with van der Waals surface area (Å²) in [6, 6.07) is 14.6. The van der Waals surface area contributed by atoms with Crippen molar-refractivity contribution in [3.63, 3.8) is 0 Å². The van der Waals surface area contributed by atoms with Crippen molar-refractivity contribution in [3.05, 3.63) is 63.1 Å². The SMILES string of the molecule is CC(c1ccc(Cl)cc1)N(C)c1ccc(Br)cc1CCN. The summed E-state index contributed by atoms with van der Waals surface area (Å²) in [5.41, 5.74) is 9.45. The predicted molar refractivity (Wildman–Crippen MR) is 95.2 cm³/mol. The van der Waals surface area contributed by atoms with Gasteiger partial charge in [0.25, 0.3) is 0 Å². The first kappa shape index (κ1) is 16.3. The molecule has 1 atom stereocenters. The summed E-state index contributed by atoms with van der Waals surface area (Å²) in [5.74, 6) is 0. The third kappa shape index (κ3) is 4.00. The van der Waals surface area contributed by atoms with Gasteiger partial charge in [-0.15, -0.1) is 0 Å². The number of benzene rings is 2. The lowest BCUT2D eigenvalue weighted by Gasteiger charge is -2.29. The highest BCUT2D eigenvalue weighted by Crippen LogP contribution is 2.30. The van der Waals surface area contributed by atoms with Gasteiger partial charge in [0, 0.05) is 22.2 Å². The number of hydrogen-bond donors (Lipinski definition) is 1. The Hall–Kier alpha value is -1.03. The van der Waals surface area contributed by atoms with Crippen LogP contribution in [0.3, 0.4) is 0 Å². The summed E-state index contributed by atoms with van der Waals surface area (Å²) in [4.78, 5) is 2.28. The molecule has 0 aliphatic rings. The zero-order chi connectivity index (χ0) is 15.4. The first-order valence-corrected chi connectivity index (χ1v) is 8.17. The Morgan fingerprint density at radius 3 is 2.48 bits per heavy atom. The second-order valence-corrected chi connectivity index (χ2v) is 6.50. The van der Waals surface area contributed by atoms with Crippen LogP contribution in [-0.2, 0) is 6.42 Å². The molecule has 2 N–H and O–H groups in total. The highest BCUT2D eigenvalue weighted by Gasteiger charge is 2.15. The summed E-state index contributed by atoms with van der Waals surface area (Å²) < 4.78 is 1.09. The molecule has 0 heterocycles. The Balaban J connectivity index is 2.30. The standard InChI is InChI=1S/C17H20BrClN2/c1-12(13-3-6-16(19)7-4-13)21(2)17-8-5-15(18)11-14(17)9-10-20/h3-8,11-12H,9-10,20H2,1-2H3. The van der Waals surface area contributed by atoms with E-state index in [1.807, 2.05) is 12.1 Å². The molecule has 2 aromatic carbocycles. The Morgan fingerprint density at radius 1 is 1.19 bits per heavy atom. The number of halogens is 2. The highest BCUT2D eigenvalue weighted by molar-refractivity contribution is 9.10. The van der Waals surface area contributed by atoms with Crippen LogP contribution in [0.4, 0.5) is 5.69 Å². The first-order chi connectivity index (χ1) is 10.0. The monoisotopic (exact) mass is 366 g/mol. The minimum atomic E-state index is 0.264. The molecular formula is C17H20BrClN2. The number of rotatable bonds is 5. The second-order valence-electron chi connectivity index (χ2n) is 5.15. The largest absolute Gasteiger partial charge is 0.368 e. The van der Waals surface area contributed by atoms with Crippen LogP contribution >= 0.6 is 27.5 Å². The zero-order valence-corrected chi connectivity index (χ0v) is 14.7. The molecule has 0 radical (unpaired) electrons. The molecule has 0 aliphatic heterocycles. The number of nitrogens with zero attached hydrogens (tertiary/aromatic N) is 1. The van der Waals surface area contributed by atoms with Gasteiger partial charge in [-0.1, -0.05) is 39.7 Å². The molecule has 2 nitrogen and oxygen atoms in total. The van der Waals surface area contributed by atoms with E-state index in [0.717, 1.165) is 15.9 Å². The molecule has 2 aromatic rings. The third-order valence-electron chi connectivity index (χ3n) is 3.77. The zero-order valence-electron chi connectivity index (χ0n) is 12.3. The topological polar surface area (TPSA) is 29.3 Å². The van der Waals surface area contributed by atoms with E-state index in [0.29, 0.717) is 6.54 Å². The molecule has 21 heavy (non-hydrogen) atoms. The first-order valence-electron chi connectivity index (χ1n) is 6.99. The van der Waals surface area contributed by atoms with Crippen LogP contribution in [0.5, 0.6) is 0 Å². The molecule has 0 amide bonds. The average Bonchev–Trinajstić information content (AvgIpc) is 2.47. The molecule has 112 valence electrons. The third-order valence-corrected chi connectivity index (χ3v) is 4.51. The van der Waals surface area contributed by atoms with Crippen molar-refractivity contribution in [2.45, 2.75) is 19.4 Å². The molecule has 1 unspecified atom stereocenters. The van der Waals surface area contributed by atoms with Gasteiger partial charge in [0.05, 0.1) is 6.04 Å². The highest BCUT2D eigenvalue weighted by atomic mass is 79.9. The fraction of sp³-hybridized carbons (Fsp3) is 0.294. The van der Waals surface area contributed by atoms with Crippen molar-refractivity contribution in [1.29, 1.82) is 0 Å². The number of nitrogens with two attached hydrogens (primary N) is 1. The fourth-order valence-corrected chi connectivity index (χ4v) is 2.96.